The van der Waals surface area contributed by atoms with Gasteiger partial charge in [0, 0.05) is 10.0 Å². The van der Waals surface area contributed by atoms with E-state index < -0.39 is 5.97 Å². The van der Waals surface area contributed by atoms with Gasteiger partial charge in [-0.3, -0.25) is 0 Å². The van der Waals surface area contributed by atoms with Gasteiger partial charge in [-0.25, -0.2) is 9.78 Å². The van der Waals surface area contributed by atoms with E-state index in [-0.39, 0.29) is 0 Å². The number of hydrogen-bond acceptors (Lipinski definition) is 3. The highest BCUT2D eigenvalue weighted by Gasteiger charge is 2.17. The van der Waals surface area contributed by atoms with Gasteiger partial charge in [-0.15, -0.1) is 11.3 Å². The van der Waals surface area contributed by atoms with E-state index in [0.717, 1.165) is 10.0 Å². The monoisotopic (exact) mass is 345 g/mol. The predicted molar refractivity (Wildman–Crippen MR) is 76.6 cm³/mol. The lowest BCUT2D eigenvalue weighted by molar-refractivity contribution is 0.0701. The molecule has 3 nitrogen and oxygen atoms in total. The van der Waals surface area contributed by atoms with Gasteiger partial charge in [-0.1, -0.05) is 24.6 Å². The van der Waals surface area contributed by atoms with Gasteiger partial charge in [-0.05, 0) is 34.5 Å². The molecule has 0 aliphatic heterocycles. The maximum absolute atomic E-state index is 11.1. The third kappa shape index (κ3) is 2.58. The minimum Gasteiger partial charge on any atom is -0.477 e. The fourth-order valence-electron chi connectivity index (χ4n) is 1.51. The molecule has 1 aromatic heterocycles. The van der Waals surface area contributed by atoms with E-state index in [1.807, 2.05) is 19.1 Å². The lowest BCUT2D eigenvalue weighted by Gasteiger charge is -1.99. The molecule has 1 N–H and O–H groups in total. The summed E-state index contributed by atoms with van der Waals surface area (Å²) in [5.74, 6) is -0.927. The molecule has 0 atom stereocenters. The molecule has 2 rings (SSSR count). The second-order valence-corrected chi connectivity index (χ2v) is 5.84. The number of carbonyl (C=O) groups is 1. The van der Waals surface area contributed by atoms with Gasteiger partial charge in [0.15, 0.2) is 0 Å². The van der Waals surface area contributed by atoms with E-state index in [9.17, 15) is 4.79 Å². The first-order valence-corrected chi connectivity index (χ1v) is 7.20. The Hall–Kier alpha value is -0.910. The van der Waals surface area contributed by atoms with Crippen LogP contribution in [0.5, 0.6) is 0 Å². The molecule has 6 heteroatoms. The molecule has 0 fully saturated rings. The van der Waals surface area contributed by atoms with Crippen LogP contribution in [-0.2, 0) is 6.42 Å². The second-order valence-electron chi connectivity index (χ2n) is 3.58. The van der Waals surface area contributed by atoms with Gasteiger partial charge in [0.05, 0.1) is 10.7 Å². The Balaban J connectivity index is 2.50. The highest BCUT2D eigenvalue weighted by atomic mass is 79.9. The van der Waals surface area contributed by atoms with E-state index in [2.05, 4.69) is 20.9 Å². The van der Waals surface area contributed by atoms with Crippen molar-refractivity contribution in [3.8, 4) is 10.6 Å². The summed E-state index contributed by atoms with van der Waals surface area (Å²) in [6.07, 6.45) is 0.604. The van der Waals surface area contributed by atoms with Gasteiger partial charge in [0.25, 0.3) is 0 Å². The number of benzene rings is 1. The van der Waals surface area contributed by atoms with Crippen molar-refractivity contribution in [1.29, 1.82) is 0 Å². The minimum absolute atomic E-state index is 0.304. The molecule has 0 aliphatic carbocycles. The van der Waals surface area contributed by atoms with Crippen LogP contribution in [0.1, 0.15) is 22.3 Å². The number of carboxylic acids is 1. The topological polar surface area (TPSA) is 50.2 Å². The van der Waals surface area contributed by atoms with Crippen molar-refractivity contribution < 1.29 is 9.90 Å². The van der Waals surface area contributed by atoms with Crippen molar-refractivity contribution in [2.45, 2.75) is 13.3 Å². The molecule has 1 heterocycles. The zero-order chi connectivity index (χ0) is 13.3. The number of hydrogen-bond donors (Lipinski definition) is 1. The molecular weight excluding hydrogens is 338 g/mol. The summed E-state index contributed by atoms with van der Waals surface area (Å²) < 4.78 is 0.770. The Morgan fingerprint density at radius 2 is 2.28 bits per heavy atom. The molecular formula is C12H9BrClNO2S. The highest BCUT2D eigenvalue weighted by Crippen LogP contribution is 2.32. The van der Waals surface area contributed by atoms with Crippen molar-refractivity contribution in [2.75, 3.05) is 0 Å². The van der Waals surface area contributed by atoms with Crippen LogP contribution < -0.4 is 0 Å². The Morgan fingerprint density at radius 1 is 1.56 bits per heavy atom. The maximum atomic E-state index is 11.1. The van der Waals surface area contributed by atoms with Crippen LogP contribution in [0.3, 0.4) is 0 Å². The third-order valence-electron chi connectivity index (χ3n) is 2.39. The molecule has 0 amide bonds. The average molecular weight is 347 g/mol. The molecule has 94 valence electrons. The zero-order valence-electron chi connectivity index (χ0n) is 9.41. The molecule has 0 unspecified atom stereocenters. The SMILES string of the molecule is CCc1nc(-c2ccc(Cl)c(Br)c2)sc1C(=O)O. The van der Waals surface area contributed by atoms with Crippen molar-refractivity contribution in [1.82, 2.24) is 4.98 Å². The Kier molecular flexibility index (Phi) is 4.04. The van der Waals surface area contributed by atoms with E-state index in [4.69, 9.17) is 16.7 Å². The number of aryl methyl sites for hydroxylation is 1. The Labute approximate surface area is 122 Å². The number of aromatic nitrogens is 1. The van der Waals surface area contributed by atoms with E-state index >= 15 is 0 Å². The highest BCUT2D eigenvalue weighted by molar-refractivity contribution is 9.10. The van der Waals surface area contributed by atoms with Gasteiger partial charge < -0.3 is 5.11 Å². The predicted octanol–water partition coefficient (Wildman–Crippen LogP) is 4.49. The maximum Gasteiger partial charge on any atom is 0.347 e. The fourth-order valence-corrected chi connectivity index (χ4v) is 3.00. The van der Waals surface area contributed by atoms with Crippen LogP contribution in [0.25, 0.3) is 10.6 Å². The summed E-state index contributed by atoms with van der Waals surface area (Å²) in [5.41, 5.74) is 1.48. The number of carboxylic acid groups (broad SMARTS) is 1. The van der Waals surface area contributed by atoms with E-state index in [0.29, 0.717) is 27.0 Å². The summed E-state index contributed by atoms with van der Waals surface area (Å²) >= 11 is 10.5. The van der Waals surface area contributed by atoms with Crippen LogP contribution in [0, 0.1) is 0 Å². The largest absolute Gasteiger partial charge is 0.477 e. The quantitative estimate of drug-likeness (QED) is 0.891. The van der Waals surface area contributed by atoms with Crippen LogP contribution in [0.4, 0.5) is 0 Å². The lowest BCUT2D eigenvalue weighted by Crippen LogP contribution is -1.97. The van der Waals surface area contributed by atoms with Crippen molar-refractivity contribution >= 4 is 44.8 Å². The number of aromatic carboxylic acids is 1. The summed E-state index contributed by atoms with van der Waals surface area (Å²) in [7, 11) is 0. The summed E-state index contributed by atoms with van der Waals surface area (Å²) in [6.45, 7) is 1.89. The van der Waals surface area contributed by atoms with Gasteiger partial charge in [-0.2, -0.15) is 0 Å². The van der Waals surface area contributed by atoms with E-state index in [1.165, 1.54) is 11.3 Å². The third-order valence-corrected chi connectivity index (χ3v) is 4.74. The standard InChI is InChI=1S/C12H9BrClNO2S/c1-2-9-10(12(16)17)18-11(15-9)6-3-4-8(14)7(13)5-6/h3-5H,2H2,1H3,(H,16,17). The Morgan fingerprint density at radius 3 is 2.78 bits per heavy atom. The first kappa shape index (κ1) is 13.5. The number of nitrogens with zero attached hydrogens (tertiary/aromatic N) is 1. The molecule has 0 saturated carbocycles. The normalized spacial score (nSPS) is 10.6. The molecule has 2 aromatic rings. The molecule has 0 bridgehead atoms. The first-order valence-electron chi connectivity index (χ1n) is 5.21. The van der Waals surface area contributed by atoms with Crippen molar-refractivity contribution in [3.63, 3.8) is 0 Å². The number of halogens is 2. The molecule has 0 saturated heterocycles. The summed E-state index contributed by atoms with van der Waals surface area (Å²) in [6, 6.07) is 5.43. The van der Waals surface area contributed by atoms with Crippen LogP contribution in [0.15, 0.2) is 22.7 Å². The minimum atomic E-state index is -0.927. The Bertz CT molecular complexity index is 612. The van der Waals surface area contributed by atoms with Crippen LogP contribution in [-0.4, -0.2) is 16.1 Å². The van der Waals surface area contributed by atoms with Gasteiger partial charge in [0.1, 0.15) is 9.88 Å². The molecule has 1 aromatic carbocycles. The molecule has 0 aliphatic rings. The molecule has 0 spiro atoms. The number of rotatable bonds is 3. The first-order chi connectivity index (χ1) is 8.52. The van der Waals surface area contributed by atoms with Crippen LogP contribution >= 0.6 is 38.9 Å². The van der Waals surface area contributed by atoms with E-state index in [1.54, 1.807) is 6.07 Å². The zero-order valence-corrected chi connectivity index (χ0v) is 12.6. The summed E-state index contributed by atoms with van der Waals surface area (Å²) in [4.78, 5) is 15.8. The molecule has 18 heavy (non-hydrogen) atoms. The lowest BCUT2D eigenvalue weighted by atomic mass is 10.2. The second kappa shape index (κ2) is 5.38. The average Bonchev–Trinajstić information content (AvgIpc) is 2.77. The summed E-state index contributed by atoms with van der Waals surface area (Å²) in [5, 5.41) is 10.4. The fraction of sp³-hybridized carbons (Fsp3) is 0.167. The van der Waals surface area contributed by atoms with Gasteiger partial charge in [0.2, 0.25) is 0 Å². The smallest absolute Gasteiger partial charge is 0.347 e. The van der Waals surface area contributed by atoms with Gasteiger partial charge >= 0.3 is 5.97 Å². The van der Waals surface area contributed by atoms with Crippen LogP contribution in [0.2, 0.25) is 5.02 Å². The molecule has 0 radical (unpaired) electrons. The number of thiazole rings is 1. The van der Waals surface area contributed by atoms with Crippen molar-refractivity contribution in [3.05, 3.63) is 38.3 Å². The van der Waals surface area contributed by atoms with Crippen molar-refractivity contribution in [2.24, 2.45) is 0 Å².